The van der Waals surface area contributed by atoms with Crippen molar-refractivity contribution < 1.29 is 38.4 Å². The molecule has 1 fully saturated rings. The monoisotopic (exact) mass is 940 g/mol. The molecule has 14 heteroatoms. The van der Waals surface area contributed by atoms with Gasteiger partial charge in [0.15, 0.2) is 5.60 Å². The number of methoxy groups -OCH3 is 3. The van der Waals surface area contributed by atoms with Crippen LogP contribution in [0.1, 0.15) is 82.0 Å². The van der Waals surface area contributed by atoms with Crippen LogP contribution in [-0.4, -0.2) is 65.3 Å². The molecule has 0 unspecified atom stereocenters. The lowest BCUT2D eigenvalue weighted by Gasteiger charge is -2.38. The van der Waals surface area contributed by atoms with Crippen LogP contribution in [0.2, 0.25) is 0 Å². The van der Waals surface area contributed by atoms with Gasteiger partial charge in [-0.3, -0.25) is 19.1 Å². The molecule has 1 spiro atoms. The summed E-state index contributed by atoms with van der Waals surface area (Å²) in [7, 11) is 4.78. The zero-order valence-corrected chi connectivity index (χ0v) is 40.0. The predicted octanol–water partition coefficient (Wildman–Crippen LogP) is 9.35. The Labute approximate surface area is 407 Å². The van der Waals surface area contributed by atoms with Crippen molar-refractivity contribution in [2.24, 2.45) is 11.8 Å². The molecular formula is C56H56N6O8. The Morgan fingerprint density at radius 2 is 1.31 bits per heavy atom. The highest BCUT2D eigenvalue weighted by molar-refractivity contribution is 6.09. The van der Waals surface area contributed by atoms with Crippen LogP contribution >= 0.6 is 0 Å². The standard InChI is InChI=1S/C56H56N6O8/c1-35-50(55(2,3)40-18-27-45(69-6)28-19-40)49(30-31-61-34-47(59-60-61)51(63)37-10-8-7-9-11-37)70-56(35)46-32-42(58-53(65)39-16-25-44(68-5)26-17-39)22-29-48(46)62(54(56)66)33-36-12-20-41(21-13-36)57-52(64)38-14-23-43(67-4)24-15-38/h7-29,32,34-35,49-51,63H,30-31,33H2,1-6H3,(H,57,64)(H,58,65)/t35-,49+,50-,51-,56+/m1/s1. The average Bonchev–Trinajstić information content (AvgIpc) is 4.06. The molecule has 0 saturated carbocycles. The highest BCUT2D eigenvalue weighted by Crippen LogP contribution is 2.60. The Morgan fingerprint density at radius 1 is 0.757 bits per heavy atom. The van der Waals surface area contributed by atoms with Crippen LogP contribution in [0.15, 0.2) is 152 Å². The van der Waals surface area contributed by atoms with Gasteiger partial charge in [-0.15, -0.1) is 5.10 Å². The summed E-state index contributed by atoms with van der Waals surface area (Å²) >= 11 is 0. The first kappa shape index (κ1) is 47.3. The quantitative estimate of drug-likeness (QED) is 0.0850. The number of aliphatic hydroxyl groups is 1. The second-order valence-electron chi connectivity index (χ2n) is 18.4. The molecule has 6 aromatic carbocycles. The van der Waals surface area contributed by atoms with Gasteiger partial charge in [0, 0.05) is 46.4 Å². The van der Waals surface area contributed by atoms with E-state index in [1.54, 1.807) is 91.7 Å². The third-order valence-electron chi connectivity index (χ3n) is 13.9. The summed E-state index contributed by atoms with van der Waals surface area (Å²) in [4.78, 5) is 44.3. The van der Waals surface area contributed by atoms with Crippen LogP contribution < -0.4 is 29.7 Å². The van der Waals surface area contributed by atoms with E-state index in [9.17, 15) is 14.7 Å². The molecule has 14 nitrogen and oxygen atoms in total. The number of anilines is 3. The highest BCUT2D eigenvalue weighted by atomic mass is 16.5. The molecule has 9 rings (SSSR count). The molecule has 3 N–H and O–H groups in total. The summed E-state index contributed by atoms with van der Waals surface area (Å²) in [6, 6.07) is 44.0. The zero-order valence-electron chi connectivity index (χ0n) is 40.0. The number of hydrogen-bond donors (Lipinski definition) is 3. The molecule has 7 aromatic rings. The number of amides is 3. The number of nitrogens with one attached hydrogen (secondary N) is 2. The molecule has 0 bridgehead atoms. The zero-order chi connectivity index (χ0) is 49.2. The minimum atomic E-state index is -1.47. The molecule has 358 valence electrons. The summed E-state index contributed by atoms with van der Waals surface area (Å²) in [5.74, 6) is 0.568. The molecule has 3 amide bonds. The fraction of sp³-hybridized carbons (Fsp3) is 0.268. The van der Waals surface area contributed by atoms with Gasteiger partial charge in [-0.2, -0.15) is 0 Å². The number of aliphatic hydroxyl groups excluding tert-OH is 1. The molecule has 2 aliphatic rings. The number of aryl methyl sites for hydroxylation is 1. The van der Waals surface area contributed by atoms with Crippen LogP contribution in [0, 0.1) is 11.8 Å². The molecule has 5 atom stereocenters. The Bertz CT molecular complexity index is 2980. The maximum atomic E-state index is 15.7. The number of carbonyl (C=O) groups is 3. The summed E-state index contributed by atoms with van der Waals surface area (Å²) in [6.07, 6.45) is 0.776. The van der Waals surface area contributed by atoms with E-state index in [0.29, 0.717) is 69.5 Å². The first-order chi connectivity index (χ1) is 33.8. The van der Waals surface area contributed by atoms with E-state index in [1.165, 1.54) is 0 Å². The second kappa shape index (κ2) is 19.7. The summed E-state index contributed by atoms with van der Waals surface area (Å²) in [6.45, 7) is 7.06. The lowest BCUT2D eigenvalue weighted by atomic mass is 9.63. The van der Waals surface area contributed by atoms with Crippen molar-refractivity contribution >= 4 is 34.8 Å². The minimum Gasteiger partial charge on any atom is -0.497 e. The van der Waals surface area contributed by atoms with E-state index >= 15 is 4.79 Å². The Kier molecular flexibility index (Phi) is 13.3. The van der Waals surface area contributed by atoms with E-state index in [2.05, 4.69) is 53.8 Å². The Balaban J connectivity index is 1.06. The van der Waals surface area contributed by atoms with E-state index < -0.39 is 29.1 Å². The lowest BCUT2D eigenvalue weighted by Crippen LogP contribution is -2.45. The van der Waals surface area contributed by atoms with Gasteiger partial charge >= 0.3 is 0 Å². The summed E-state index contributed by atoms with van der Waals surface area (Å²) in [5, 5.41) is 25.9. The minimum absolute atomic E-state index is 0.205. The van der Waals surface area contributed by atoms with E-state index in [1.807, 2.05) is 78.9 Å². The van der Waals surface area contributed by atoms with Crippen molar-refractivity contribution in [3.8, 4) is 17.2 Å². The number of ether oxygens (including phenoxy) is 4. The molecule has 0 aliphatic carbocycles. The normalized spacial score (nSPS) is 18.9. The Hall–Kier alpha value is -7.81. The maximum Gasteiger partial charge on any atom is 0.264 e. The van der Waals surface area contributed by atoms with Crippen LogP contribution in [-0.2, 0) is 33.6 Å². The van der Waals surface area contributed by atoms with Crippen molar-refractivity contribution in [1.29, 1.82) is 0 Å². The summed E-state index contributed by atoms with van der Waals surface area (Å²) in [5.41, 5.74) is 4.32. The number of aromatic nitrogens is 3. The number of hydrogen-bond acceptors (Lipinski definition) is 10. The van der Waals surface area contributed by atoms with Gasteiger partial charge in [-0.25, -0.2) is 0 Å². The van der Waals surface area contributed by atoms with Crippen molar-refractivity contribution in [3.05, 3.63) is 191 Å². The number of benzene rings is 6. The van der Waals surface area contributed by atoms with Gasteiger partial charge < -0.3 is 39.6 Å². The fourth-order valence-electron chi connectivity index (χ4n) is 10.2. The lowest BCUT2D eigenvalue weighted by molar-refractivity contribution is -0.146. The summed E-state index contributed by atoms with van der Waals surface area (Å²) < 4.78 is 25.2. The van der Waals surface area contributed by atoms with E-state index in [-0.39, 0.29) is 30.2 Å². The molecule has 1 aromatic heterocycles. The average molecular weight is 941 g/mol. The van der Waals surface area contributed by atoms with Crippen LogP contribution in [0.3, 0.4) is 0 Å². The van der Waals surface area contributed by atoms with Crippen LogP contribution in [0.4, 0.5) is 17.1 Å². The van der Waals surface area contributed by atoms with Gasteiger partial charge in [-0.1, -0.05) is 80.6 Å². The number of fused-ring (bicyclic) bond motifs is 2. The van der Waals surface area contributed by atoms with Crippen molar-refractivity contribution in [3.63, 3.8) is 0 Å². The number of carbonyl (C=O) groups excluding carboxylic acids is 3. The van der Waals surface area contributed by atoms with Gasteiger partial charge in [0.1, 0.15) is 29.0 Å². The van der Waals surface area contributed by atoms with E-state index in [0.717, 1.165) is 16.9 Å². The van der Waals surface area contributed by atoms with Crippen molar-refractivity contribution in [1.82, 2.24) is 15.0 Å². The van der Waals surface area contributed by atoms with Crippen LogP contribution in [0.5, 0.6) is 17.2 Å². The SMILES string of the molecule is COc1ccc(C(=O)Nc2ccc(CN3C(=O)[C@@]4(O[C@@H](CCn5cc([C@H](O)c6ccccc6)nn5)[C@H](C(C)(C)c5ccc(OC)cc5)[C@H]4C)c4cc(NC(=O)c5ccc(OC)cc5)ccc43)cc2)cc1. The van der Waals surface area contributed by atoms with Gasteiger partial charge in [0.05, 0.1) is 45.9 Å². The molecule has 3 heterocycles. The largest absolute Gasteiger partial charge is 0.497 e. The van der Waals surface area contributed by atoms with Crippen molar-refractivity contribution in [2.45, 2.75) is 63.5 Å². The van der Waals surface area contributed by atoms with Gasteiger partial charge in [0.25, 0.3) is 17.7 Å². The first-order valence-electron chi connectivity index (χ1n) is 23.2. The fourth-order valence-corrected chi connectivity index (χ4v) is 10.2. The third-order valence-corrected chi connectivity index (χ3v) is 13.9. The molecular weight excluding hydrogens is 885 g/mol. The molecule has 1 saturated heterocycles. The highest BCUT2D eigenvalue weighted by Gasteiger charge is 2.66. The maximum absolute atomic E-state index is 15.7. The predicted molar refractivity (Wildman–Crippen MR) is 266 cm³/mol. The topological polar surface area (TPSA) is 166 Å². The van der Waals surface area contributed by atoms with Gasteiger partial charge in [-0.05, 0) is 120 Å². The smallest absolute Gasteiger partial charge is 0.264 e. The third kappa shape index (κ3) is 9.10. The number of nitrogens with zero attached hydrogens (tertiary/aromatic N) is 4. The molecule has 70 heavy (non-hydrogen) atoms. The molecule has 2 aliphatic heterocycles. The van der Waals surface area contributed by atoms with Crippen LogP contribution in [0.25, 0.3) is 0 Å². The Morgan fingerprint density at radius 3 is 1.90 bits per heavy atom. The van der Waals surface area contributed by atoms with E-state index in [4.69, 9.17) is 18.9 Å². The van der Waals surface area contributed by atoms with Crippen molar-refractivity contribution in [2.75, 3.05) is 36.9 Å². The second-order valence-corrected chi connectivity index (χ2v) is 18.4. The first-order valence-corrected chi connectivity index (χ1v) is 23.2. The number of rotatable bonds is 16. The van der Waals surface area contributed by atoms with Gasteiger partial charge in [0.2, 0.25) is 0 Å². The molecule has 0 radical (unpaired) electrons.